The van der Waals surface area contributed by atoms with E-state index in [1.165, 1.54) is 12.1 Å². The topological polar surface area (TPSA) is 42.4 Å². The summed E-state index contributed by atoms with van der Waals surface area (Å²) in [6, 6.07) is 16.8. The van der Waals surface area contributed by atoms with E-state index >= 15 is 0 Å². The smallest absolute Gasteiger partial charge is 0.381 e. The molecule has 3 aromatic rings. The molecule has 0 unspecified atom stereocenters. The Hall–Kier alpha value is -3.19. The van der Waals surface area contributed by atoms with Crippen LogP contribution >= 0.6 is 0 Å². The molecule has 0 N–H and O–H groups in total. The highest BCUT2D eigenvalue weighted by Gasteiger charge is 2.30. The number of aromatic nitrogens is 1. The molecule has 34 heavy (non-hydrogen) atoms. The second kappa shape index (κ2) is 9.22. The van der Waals surface area contributed by atoms with Gasteiger partial charge < -0.3 is 9.64 Å². The zero-order chi connectivity index (χ0) is 23.7. The second-order valence-corrected chi connectivity index (χ2v) is 8.92. The number of halogens is 3. The molecule has 7 heteroatoms. The highest BCUT2D eigenvalue weighted by atomic mass is 19.4. The maximum Gasteiger partial charge on any atom is 0.416 e. The van der Waals surface area contributed by atoms with Gasteiger partial charge in [0.05, 0.1) is 5.56 Å². The van der Waals surface area contributed by atoms with Crippen molar-refractivity contribution in [3.8, 4) is 0 Å². The van der Waals surface area contributed by atoms with Crippen LogP contribution in [0.1, 0.15) is 45.6 Å². The van der Waals surface area contributed by atoms with Gasteiger partial charge in [-0.15, -0.1) is 0 Å². The number of carbonyl (C=O) groups excluding carboxylic acids is 1. The van der Waals surface area contributed by atoms with Gasteiger partial charge in [-0.2, -0.15) is 13.2 Å². The van der Waals surface area contributed by atoms with Gasteiger partial charge in [0.25, 0.3) is 0 Å². The number of nitrogens with zero attached hydrogens (tertiary/aromatic N) is 2. The van der Waals surface area contributed by atoms with E-state index in [0.29, 0.717) is 37.3 Å². The maximum atomic E-state index is 13.1. The highest BCUT2D eigenvalue weighted by Crippen LogP contribution is 2.37. The van der Waals surface area contributed by atoms with Crippen LogP contribution in [0.2, 0.25) is 0 Å². The highest BCUT2D eigenvalue weighted by molar-refractivity contribution is 5.99. The van der Waals surface area contributed by atoms with Crippen molar-refractivity contribution in [3.63, 3.8) is 0 Å². The largest absolute Gasteiger partial charge is 0.416 e. The number of fused-ring (bicyclic) bond motifs is 1. The summed E-state index contributed by atoms with van der Waals surface area (Å²) >= 11 is 0. The van der Waals surface area contributed by atoms with Crippen LogP contribution in [0, 0.1) is 5.92 Å². The fourth-order valence-electron chi connectivity index (χ4n) is 4.83. The summed E-state index contributed by atoms with van der Waals surface area (Å²) in [6.07, 6.45) is -1.89. The fraction of sp³-hybridized carbons (Fsp3) is 0.333. The summed E-state index contributed by atoms with van der Waals surface area (Å²) in [6.45, 7) is 2.07. The Morgan fingerprint density at radius 3 is 2.71 bits per heavy atom. The third kappa shape index (κ3) is 4.71. The predicted octanol–water partition coefficient (Wildman–Crippen LogP) is 5.99. The number of rotatable bonds is 6. The Morgan fingerprint density at radius 1 is 1.09 bits per heavy atom. The fourth-order valence-corrected chi connectivity index (χ4v) is 4.83. The van der Waals surface area contributed by atoms with Crippen LogP contribution in [0.25, 0.3) is 0 Å². The Labute approximate surface area is 196 Å². The minimum atomic E-state index is -4.37. The zero-order valence-electron chi connectivity index (χ0n) is 18.6. The molecule has 0 bridgehead atoms. The Kier molecular flexibility index (Phi) is 6.13. The van der Waals surface area contributed by atoms with Crippen molar-refractivity contribution >= 4 is 17.3 Å². The molecule has 5 rings (SSSR count). The number of pyridine rings is 1. The Balaban J connectivity index is 1.37. The molecule has 2 aliphatic heterocycles. The molecule has 1 fully saturated rings. The number of Topliss-reactive ketones (excluding diaryl/α,β-unsaturated/α-hetero) is 1. The zero-order valence-corrected chi connectivity index (χ0v) is 18.6. The normalized spacial score (nSPS) is 17.7. The second-order valence-electron chi connectivity index (χ2n) is 8.92. The average Bonchev–Trinajstić information content (AvgIpc) is 3.48. The molecule has 0 aliphatic carbocycles. The lowest BCUT2D eigenvalue weighted by Gasteiger charge is -2.20. The number of ether oxygens (including phenoxy) is 1. The molecule has 4 nitrogen and oxygen atoms in total. The van der Waals surface area contributed by atoms with Crippen LogP contribution in [0.5, 0.6) is 0 Å². The Bertz CT molecular complexity index is 1200. The van der Waals surface area contributed by atoms with Gasteiger partial charge in [0.2, 0.25) is 0 Å². The van der Waals surface area contributed by atoms with Crippen molar-refractivity contribution in [2.45, 2.75) is 31.9 Å². The number of ketones is 1. The first-order chi connectivity index (χ1) is 16.4. The molecule has 1 saturated heterocycles. The van der Waals surface area contributed by atoms with Crippen molar-refractivity contribution in [1.29, 1.82) is 0 Å². The van der Waals surface area contributed by atoms with Crippen molar-refractivity contribution < 1.29 is 22.7 Å². The summed E-state index contributed by atoms with van der Waals surface area (Å²) in [5.41, 5.74) is 3.38. The Morgan fingerprint density at radius 2 is 1.91 bits per heavy atom. The van der Waals surface area contributed by atoms with Gasteiger partial charge in [0.15, 0.2) is 5.78 Å². The number of carbonyl (C=O) groups is 1. The minimum absolute atomic E-state index is 0.153. The van der Waals surface area contributed by atoms with Gasteiger partial charge in [-0.1, -0.05) is 36.4 Å². The summed E-state index contributed by atoms with van der Waals surface area (Å²) in [5.74, 6) is 1.17. The minimum Gasteiger partial charge on any atom is -0.381 e. The number of hydrogen-bond donors (Lipinski definition) is 0. The van der Waals surface area contributed by atoms with E-state index in [1.54, 1.807) is 6.07 Å². The maximum absolute atomic E-state index is 13.1. The van der Waals surface area contributed by atoms with Crippen molar-refractivity contribution in [3.05, 3.63) is 88.6 Å². The summed E-state index contributed by atoms with van der Waals surface area (Å²) in [4.78, 5) is 19.8. The van der Waals surface area contributed by atoms with Gasteiger partial charge in [-0.3, -0.25) is 4.79 Å². The van der Waals surface area contributed by atoms with E-state index in [1.807, 2.05) is 36.4 Å². The first-order valence-electron chi connectivity index (χ1n) is 11.5. The number of hydrogen-bond acceptors (Lipinski definition) is 4. The quantitative estimate of drug-likeness (QED) is 0.418. The summed E-state index contributed by atoms with van der Waals surface area (Å²) in [5, 5.41) is 0. The van der Waals surface area contributed by atoms with E-state index in [2.05, 4.69) is 4.90 Å². The lowest BCUT2D eigenvalue weighted by molar-refractivity contribution is -0.137. The molecule has 0 radical (unpaired) electrons. The molecule has 2 aliphatic rings. The van der Waals surface area contributed by atoms with Gasteiger partial charge >= 0.3 is 6.18 Å². The number of anilines is 2. The first kappa shape index (κ1) is 22.6. The van der Waals surface area contributed by atoms with Gasteiger partial charge in [0, 0.05) is 49.5 Å². The molecule has 0 amide bonds. The molecule has 1 atom stereocenters. The standard InChI is InChI=1S/C27H25F3N2O2/c28-27(29,30)20-5-1-4-18(14-20)15-21-6-2-9-26(31-21)32-12-10-22-23(7-3-8-24(22)32)25(33)16-19-11-13-34-17-19/h1-9,14,19H,10-13,15-17H2/t19-/m1/s1. The monoisotopic (exact) mass is 466 g/mol. The molecule has 0 saturated carbocycles. The van der Waals surface area contributed by atoms with Crippen molar-refractivity contribution in [2.24, 2.45) is 5.92 Å². The summed E-state index contributed by atoms with van der Waals surface area (Å²) < 4.78 is 44.6. The number of alkyl halides is 3. The SMILES string of the molecule is O=C(C[C@H]1CCOC1)c1cccc2c1CCN2c1cccc(Cc2cccc(C(F)(F)F)c2)n1. The molecular weight excluding hydrogens is 441 g/mol. The van der Waals surface area contributed by atoms with Crippen LogP contribution in [0.3, 0.4) is 0 Å². The predicted molar refractivity (Wildman–Crippen MR) is 124 cm³/mol. The van der Waals surface area contributed by atoms with E-state index < -0.39 is 11.7 Å². The average molecular weight is 467 g/mol. The van der Waals surface area contributed by atoms with E-state index in [-0.39, 0.29) is 11.7 Å². The van der Waals surface area contributed by atoms with Crippen LogP contribution in [0.15, 0.2) is 60.7 Å². The third-order valence-electron chi connectivity index (χ3n) is 6.53. The van der Waals surface area contributed by atoms with E-state index in [0.717, 1.165) is 48.1 Å². The third-order valence-corrected chi connectivity index (χ3v) is 6.53. The molecule has 1 aromatic heterocycles. The number of benzene rings is 2. The lowest BCUT2D eigenvalue weighted by Crippen LogP contribution is -2.15. The van der Waals surface area contributed by atoms with Crippen LogP contribution in [-0.2, 0) is 23.8 Å². The van der Waals surface area contributed by atoms with Gasteiger partial charge in [0.1, 0.15) is 5.82 Å². The molecule has 176 valence electrons. The van der Waals surface area contributed by atoms with Crippen molar-refractivity contribution in [2.75, 3.05) is 24.7 Å². The van der Waals surface area contributed by atoms with Crippen LogP contribution in [0.4, 0.5) is 24.7 Å². The van der Waals surface area contributed by atoms with Crippen LogP contribution in [-0.4, -0.2) is 30.5 Å². The van der Waals surface area contributed by atoms with Gasteiger partial charge in [-0.05, 0) is 54.2 Å². The van der Waals surface area contributed by atoms with Crippen LogP contribution < -0.4 is 4.90 Å². The van der Waals surface area contributed by atoms with Crippen molar-refractivity contribution in [1.82, 2.24) is 4.98 Å². The molecule has 2 aromatic carbocycles. The molecule has 3 heterocycles. The van der Waals surface area contributed by atoms with Gasteiger partial charge in [-0.25, -0.2) is 4.98 Å². The van der Waals surface area contributed by atoms with E-state index in [4.69, 9.17) is 9.72 Å². The molecular formula is C27H25F3N2O2. The molecule has 0 spiro atoms. The van der Waals surface area contributed by atoms with E-state index in [9.17, 15) is 18.0 Å². The first-order valence-corrected chi connectivity index (χ1v) is 11.5. The summed E-state index contributed by atoms with van der Waals surface area (Å²) in [7, 11) is 0. The lowest BCUT2D eigenvalue weighted by atomic mass is 9.94.